The van der Waals surface area contributed by atoms with Gasteiger partial charge in [-0.05, 0) is 61.6 Å². The molecule has 1 aliphatic carbocycles. The number of amides is 1. The first-order valence-corrected chi connectivity index (χ1v) is 11.0. The van der Waals surface area contributed by atoms with Crippen molar-refractivity contribution in [3.8, 4) is 11.4 Å². The zero-order valence-electron chi connectivity index (χ0n) is 18.6. The van der Waals surface area contributed by atoms with Crippen LogP contribution in [0, 0.1) is 30.3 Å². The van der Waals surface area contributed by atoms with Crippen LogP contribution in [0.4, 0.5) is 18.0 Å². The Kier molecular flexibility index (Phi) is 5.76. The Bertz CT molecular complexity index is 1480. The Labute approximate surface area is 198 Å². The summed E-state index contributed by atoms with van der Waals surface area (Å²) in [5.41, 5.74) is 0.296. The van der Waals surface area contributed by atoms with Crippen LogP contribution in [0.2, 0.25) is 0 Å². The van der Waals surface area contributed by atoms with Gasteiger partial charge >= 0.3 is 6.09 Å². The minimum absolute atomic E-state index is 0.00313. The van der Waals surface area contributed by atoms with E-state index >= 15 is 0 Å². The molecule has 2 heterocycles. The number of carbonyl (C=O) groups excluding carboxylic acids is 1. The topological polar surface area (TPSA) is 73.2 Å². The summed E-state index contributed by atoms with van der Waals surface area (Å²) in [7, 11) is 0. The minimum Gasteiger partial charge on any atom is -0.408 e. The monoisotopic (exact) mass is 479 g/mol. The van der Waals surface area contributed by atoms with Crippen molar-refractivity contribution in [2.24, 2.45) is 5.92 Å². The van der Waals surface area contributed by atoms with Gasteiger partial charge < -0.3 is 10.1 Å². The summed E-state index contributed by atoms with van der Waals surface area (Å²) in [6, 6.07) is 9.74. The second-order valence-corrected chi connectivity index (χ2v) is 8.48. The Morgan fingerprint density at radius 1 is 1.11 bits per heavy atom. The zero-order valence-corrected chi connectivity index (χ0v) is 18.6. The van der Waals surface area contributed by atoms with Crippen molar-refractivity contribution in [3.63, 3.8) is 0 Å². The van der Waals surface area contributed by atoms with Crippen molar-refractivity contribution >= 4 is 16.9 Å². The van der Waals surface area contributed by atoms with Gasteiger partial charge in [-0.1, -0.05) is 12.1 Å². The second kappa shape index (κ2) is 8.90. The summed E-state index contributed by atoms with van der Waals surface area (Å²) >= 11 is 0. The molecule has 1 fully saturated rings. The number of hydrogen-bond donors (Lipinski definition) is 1. The molecule has 5 rings (SSSR count). The molecule has 35 heavy (non-hydrogen) atoms. The maximum Gasteiger partial charge on any atom is 0.413 e. The number of carbonyl (C=O) groups is 1. The number of nitrogens with zero attached hydrogens (tertiary/aromatic N) is 2. The van der Waals surface area contributed by atoms with Gasteiger partial charge in [-0.2, -0.15) is 0 Å². The first kappa shape index (κ1) is 22.6. The third-order valence-corrected chi connectivity index (χ3v) is 6.05. The number of nitrogens with one attached hydrogen (secondary N) is 1. The van der Waals surface area contributed by atoms with E-state index in [1.165, 1.54) is 41.2 Å². The summed E-state index contributed by atoms with van der Waals surface area (Å²) in [5.74, 6) is -2.27. The number of aromatic nitrogens is 2. The smallest absolute Gasteiger partial charge is 0.408 e. The van der Waals surface area contributed by atoms with E-state index in [0.717, 1.165) is 25.0 Å². The predicted molar refractivity (Wildman–Crippen MR) is 123 cm³/mol. The second-order valence-electron chi connectivity index (χ2n) is 8.48. The summed E-state index contributed by atoms with van der Waals surface area (Å²) in [6.07, 6.45) is 3.64. The Morgan fingerprint density at radius 3 is 2.51 bits per heavy atom. The summed E-state index contributed by atoms with van der Waals surface area (Å²) < 4.78 is 49.2. The van der Waals surface area contributed by atoms with Crippen LogP contribution in [0.5, 0.6) is 5.75 Å². The highest BCUT2D eigenvalue weighted by Crippen LogP contribution is 2.41. The molecule has 0 unspecified atom stereocenters. The van der Waals surface area contributed by atoms with E-state index in [1.54, 1.807) is 19.1 Å². The van der Waals surface area contributed by atoms with Crippen molar-refractivity contribution < 1.29 is 22.7 Å². The highest BCUT2D eigenvalue weighted by Gasteiger charge is 2.35. The molecule has 1 amide bonds. The van der Waals surface area contributed by atoms with Gasteiger partial charge in [-0.3, -0.25) is 14.3 Å². The van der Waals surface area contributed by atoms with E-state index in [9.17, 15) is 22.8 Å². The van der Waals surface area contributed by atoms with Crippen LogP contribution >= 0.6 is 0 Å². The molecular weight excluding hydrogens is 459 g/mol. The molecule has 0 spiro atoms. The van der Waals surface area contributed by atoms with Crippen molar-refractivity contribution in [1.29, 1.82) is 0 Å². The van der Waals surface area contributed by atoms with Gasteiger partial charge in [0.25, 0.3) is 5.56 Å². The summed E-state index contributed by atoms with van der Waals surface area (Å²) in [5, 5.41) is 2.58. The number of rotatable bonds is 5. The third kappa shape index (κ3) is 4.37. The molecule has 4 aromatic rings. The van der Waals surface area contributed by atoms with Crippen molar-refractivity contribution in [1.82, 2.24) is 14.9 Å². The Hall–Kier alpha value is -4.14. The first-order chi connectivity index (χ1) is 16.8. The molecule has 1 N–H and O–H groups in total. The molecule has 0 radical (unpaired) electrons. The van der Waals surface area contributed by atoms with Crippen LogP contribution in [0.25, 0.3) is 16.5 Å². The SMILES string of the molecule is Cc1c(OC(=O)N[C@H](c2cc(F)cc(F)c2)C2CC2)c2cccc(F)c2c(=O)n1-c1cccnc1. The minimum atomic E-state index is -0.892. The largest absolute Gasteiger partial charge is 0.413 e. The van der Waals surface area contributed by atoms with E-state index in [-0.39, 0.29) is 33.7 Å². The number of ether oxygens (including phenoxy) is 1. The van der Waals surface area contributed by atoms with Crippen LogP contribution in [-0.4, -0.2) is 15.6 Å². The van der Waals surface area contributed by atoms with Crippen LogP contribution in [0.15, 0.2) is 65.7 Å². The van der Waals surface area contributed by atoms with Crippen LogP contribution in [0.1, 0.15) is 30.1 Å². The first-order valence-electron chi connectivity index (χ1n) is 11.0. The van der Waals surface area contributed by atoms with Gasteiger partial charge in [0.1, 0.15) is 17.5 Å². The number of fused-ring (bicyclic) bond motifs is 1. The van der Waals surface area contributed by atoms with E-state index in [4.69, 9.17) is 4.74 Å². The molecular formula is C26H20F3N3O3. The molecule has 1 saturated carbocycles. The molecule has 178 valence electrons. The highest BCUT2D eigenvalue weighted by atomic mass is 19.1. The standard InChI is InChI=1S/C26H20F3N3O3/c1-14-24(35-26(34)31-23(15-7-8-15)16-10-17(27)12-18(28)11-16)20-5-2-6-21(29)22(20)25(33)32(14)19-4-3-9-30-13-19/h2-6,9-13,15,23H,7-8H2,1H3,(H,31,34)/t23-/m0/s1. The van der Waals surface area contributed by atoms with Gasteiger partial charge in [-0.25, -0.2) is 18.0 Å². The molecule has 0 aliphatic heterocycles. The van der Waals surface area contributed by atoms with Gasteiger partial charge in [0.2, 0.25) is 0 Å². The molecule has 1 aliphatic rings. The summed E-state index contributed by atoms with van der Waals surface area (Å²) in [6.45, 7) is 1.57. The van der Waals surface area contributed by atoms with Crippen molar-refractivity contribution in [3.05, 3.63) is 100.0 Å². The predicted octanol–water partition coefficient (Wildman–Crippen LogP) is 5.35. The van der Waals surface area contributed by atoms with E-state index < -0.39 is 35.1 Å². The Morgan fingerprint density at radius 2 is 1.86 bits per heavy atom. The van der Waals surface area contributed by atoms with Gasteiger partial charge in [0.05, 0.1) is 29.0 Å². The average molecular weight is 479 g/mol. The maximum absolute atomic E-state index is 14.8. The molecule has 6 nitrogen and oxygen atoms in total. The normalized spacial score (nSPS) is 14.1. The molecule has 9 heteroatoms. The number of halogens is 3. The number of pyridine rings is 2. The van der Waals surface area contributed by atoms with E-state index in [1.807, 2.05) is 0 Å². The molecule has 2 aromatic heterocycles. The Balaban J connectivity index is 1.56. The highest BCUT2D eigenvalue weighted by molar-refractivity contribution is 5.91. The molecule has 2 aromatic carbocycles. The van der Waals surface area contributed by atoms with Crippen LogP contribution < -0.4 is 15.6 Å². The van der Waals surface area contributed by atoms with Gasteiger partial charge in [0, 0.05) is 17.6 Å². The van der Waals surface area contributed by atoms with Gasteiger partial charge in [-0.15, -0.1) is 0 Å². The molecule has 0 bridgehead atoms. The zero-order chi connectivity index (χ0) is 24.7. The number of benzene rings is 2. The fraction of sp³-hybridized carbons (Fsp3) is 0.192. The fourth-order valence-corrected chi connectivity index (χ4v) is 4.32. The van der Waals surface area contributed by atoms with Gasteiger partial charge in [0.15, 0.2) is 5.75 Å². The van der Waals surface area contributed by atoms with E-state index in [0.29, 0.717) is 5.69 Å². The lowest BCUT2D eigenvalue weighted by molar-refractivity contribution is 0.194. The molecule has 0 saturated heterocycles. The van der Waals surface area contributed by atoms with Crippen LogP contribution in [-0.2, 0) is 0 Å². The lowest BCUT2D eigenvalue weighted by Crippen LogP contribution is -2.33. The van der Waals surface area contributed by atoms with Crippen molar-refractivity contribution in [2.75, 3.05) is 0 Å². The fourth-order valence-electron chi connectivity index (χ4n) is 4.32. The quantitative estimate of drug-likeness (QED) is 0.419. The third-order valence-electron chi connectivity index (χ3n) is 6.05. The average Bonchev–Trinajstić information content (AvgIpc) is 3.65. The lowest BCUT2D eigenvalue weighted by Gasteiger charge is -2.21. The van der Waals surface area contributed by atoms with Crippen LogP contribution in [0.3, 0.4) is 0 Å². The van der Waals surface area contributed by atoms with Crippen molar-refractivity contribution in [2.45, 2.75) is 25.8 Å². The lowest BCUT2D eigenvalue weighted by atomic mass is 10.0. The maximum atomic E-state index is 14.8. The number of hydrogen-bond acceptors (Lipinski definition) is 4. The summed E-state index contributed by atoms with van der Waals surface area (Å²) in [4.78, 5) is 30.2. The molecule has 1 atom stereocenters. The van der Waals surface area contributed by atoms with E-state index in [2.05, 4.69) is 10.3 Å².